The Morgan fingerprint density at radius 1 is 1.04 bits per heavy atom. The number of nitrogens with two attached hydrogens (primary N) is 1. The zero-order valence-electron chi connectivity index (χ0n) is 12.9. The summed E-state index contributed by atoms with van der Waals surface area (Å²) in [6.07, 6.45) is 0.281. The smallest absolute Gasteiger partial charge is 0.392 e. The van der Waals surface area contributed by atoms with Crippen molar-refractivity contribution in [1.29, 1.82) is 0 Å². The van der Waals surface area contributed by atoms with E-state index in [0.717, 1.165) is 49.2 Å². The second kappa shape index (κ2) is 6.18. The summed E-state index contributed by atoms with van der Waals surface area (Å²) < 4.78 is 38.9. The molecule has 128 valence electrons. The highest BCUT2D eigenvalue weighted by Crippen LogP contribution is 2.29. The van der Waals surface area contributed by atoms with Gasteiger partial charge < -0.3 is 10.6 Å². The SMILES string of the molecule is Nc1c(N2CCCCC2)cnn(-c2ccc(C(F)(F)F)cc2)c1=O. The lowest BCUT2D eigenvalue weighted by atomic mass is 10.1. The van der Waals surface area contributed by atoms with Crippen molar-refractivity contribution in [2.24, 2.45) is 0 Å². The number of piperidine rings is 1. The Bertz CT molecular complexity index is 777. The Kier molecular flexibility index (Phi) is 4.21. The van der Waals surface area contributed by atoms with Crippen molar-refractivity contribution < 1.29 is 13.2 Å². The maximum Gasteiger partial charge on any atom is 0.416 e. The van der Waals surface area contributed by atoms with Gasteiger partial charge in [-0.3, -0.25) is 4.79 Å². The summed E-state index contributed by atoms with van der Waals surface area (Å²) in [5.74, 6) is 0. The van der Waals surface area contributed by atoms with Gasteiger partial charge in [0.15, 0.2) is 0 Å². The molecule has 0 aliphatic carbocycles. The predicted molar refractivity (Wildman–Crippen MR) is 85.3 cm³/mol. The zero-order chi connectivity index (χ0) is 17.3. The fourth-order valence-corrected chi connectivity index (χ4v) is 2.82. The molecule has 1 aromatic carbocycles. The van der Waals surface area contributed by atoms with Gasteiger partial charge in [-0.1, -0.05) is 0 Å². The van der Waals surface area contributed by atoms with E-state index in [1.54, 1.807) is 0 Å². The molecule has 24 heavy (non-hydrogen) atoms. The molecule has 2 heterocycles. The molecule has 3 rings (SSSR count). The number of halogens is 3. The third-order valence-corrected chi connectivity index (χ3v) is 4.13. The minimum Gasteiger partial charge on any atom is -0.392 e. The average molecular weight is 338 g/mol. The monoisotopic (exact) mass is 338 g/mol. The van der Waals surface area contributed by atoms with Crippen LogP contribution in [0.25, 0.3) is 5.69 Å². The Morgan fingerprint density at radius 3 is 2.25 bits per heavy atom. The highest BCUT2D eigenvalue weighted by atomic mass is 19.4. The molecular weight excluding hydrogens is 321 g/mol. The van der Waals surface area contributed by atoms with Crippen LogP contribution >= 0.6 is 0 Å². The van der Waals surface area contributed by atoms with E-state index in [0.29, 0.717) is 5.69 Å². The van der Waals surface area contributed by atoms with Gasteiger partial charge in [-0.25, -0.2) is 0 Å². The van der Waals surface area contributed by atoms with Crippen molar-refractivity contribution in [3.8, 4) is 5.69 Å². The predicted octanol–water partition coefficient (Wildman–Crippen LogP) is 2.82. The first-order valence-corrected chi connectivity index (χ1v) is 7.68. The molecule has 1 aromatic heterocycles. The molecule has 5 nitrogen and oxygen atoms in total. The maximum atomic E-state index is 12.6. The molecule has 2 N–H and O–H groups in total. The average Bonchev–Trinajstić information content (AvgIpc) is 2.57. The lowest BCUT2D eigenvalue weighted by Crippen LogP contribution is -2.33. The van der Waals surface area contributed by atoms with Gasteiger partial charge >= 0.3 is 6.18 Å². The van der Waals surface area contributed by atoms with E-state index in [2.05, 4.69) is 5.10 Å². The van der Waals surface area contributed by atoms with Crippen molar-refractivity contribution in [3.05, 3.63) is 46.4 Å². The van der Waals surface area contributed by atoms with Crippen LogP contribution in [0.4, 0.5) is 24.5 Å². The first-order chi connectivity index (χ1) is 11.4. The van der Waals surface area contributed by atoms with Gasteiger partial charge in [-0.15, -0.1) is 0 Å². The van der Waals surface area contributed by atoms with Crippen LogP contribution in [-0.4, -0.2) is 22.9 Å². The van der Waals surface area contributed by atoms with E-state index in [4.69, 9.17) is 5.73 Å². The summed E-state index contributed by atoms with van der Waals surface area (Å²) >= 11 is 0. The minimum absolute atomic E-state index is 0.0618. The second-order valence-corrected chi connectivity index (χ2v) is 5.75. The summed E-state index contributed by atoms with van der Waals surface area (Å²) in [5, 5.41) is 4.08. The van der Waals surface area contributed by atoms with Gasteiger partial charge in [0.2, 0.25) is 0 Å². The minimum atomic E-state index is -4.42. The third-order valence-electron chi connectivity index (χ3n) is 4.13. The topological polar surface area (TPSA) is 64.2 Å². The highest BCUT2D eigenvalue weighted by molar-refractivity contribution is 5.65. The molecule has 1 aliphatic rings. The van der Waals surface area contributed by atoms with Gasteiger partial charge in [0.1, 0.15) is 5.69 Å². The molecule has 2 aromatic rings. The third kappa shape index (κ3) is 3.08. The second-order valence-electron chi connectivity index (χ2n) is 5.75. The highest BCUT2D eigenvalue weighted by Gasteiger charge is 2.30. The Morgan fingerprint density at radius 2 is 1.67 bits per heavy atom. The molecular formula is C16H17F3N4O. The van der Waals surface area contributed by atoms with Crippen LogP contribution in [0.3, 0.4) is 0 Å². The normalized spacial score (nSPS) is 15.5. The number of anilines is 2. The van der Waals surface area contributed by atoms with Crippen LogP contribution in [0.5, 0.6) is 0 Å². The molecule has 0 saturated carbocycles. The zero-order valence-corrected chi connectivity index (χ0v) is 12.9. The molecule has 0 atom stereocenters. The number of hydrogen-bond acceptors (Lipinski definition) is 4. The van der Waals surface area contributed by atoms with Gasteiger partial charge in [-0.2, -0.15) is 23.0 Å². The first kappa shape index (κ1) is 16.4. The number of rotatable bonds is 2. The van der Waals surface area contributed by atoms with Gasteiger partial charge in [0, 0.05) is 13.1 Å². The standard InChI is InChI=1S/C16H17F3N4O/c17-16(18,19)11-4-6-12(7-5-11)23-15(24)14(20)13(10-21-23)22-8-2-1-3-9-22/h4-7,10H,1-3,8-9,20H2. The summed E-state index contributed by atoms with van der Waals surface area (Å²) in [4.78, 5) is 14.5. The van der Waals surface area contributed by atoms with Crippen molar-refractivity contribution in [2.75, 3.05) is 23.7 Å². The Hall–Kier alpha value is -2.51. The maximum absolute atomic E-state index is 12.6. The summed E-state index contributed by atoms with van der Waals surface area (Å²) in [7, 11) is 0. The van der Waals surface area contributed by atoms with E-state index in [9.17, 15) is 18.0 Å². The van der Waals surface area contributed by atoms with Crippen LogP contribution < -0.4 is 16.2 Å². The van der Waals surface area contributed by atoms with E-state index in [1.807, 2.05) is 4.90 Å². The van der Waals surface area contributed by atoms with Gasteiger partial charge in [-0.05, 0) is 43.5 Å². The quantitative estimate of drug-likeness (QED) is 0.914. The molecule has 0 unspecified atom stereocenters. The summed E-state index contributed by atoms with van der Waals surface area (Å²) in [6, 6.07) is 4.24. The largest absolute Gasteiger partial charge is 0.416 e. The van der Waals surface area contributed by atoms with Crippen LogP contribution in [0.1, 0.15) is 24.8 Å². The van der Waals surface area contributed by atoms with E-state index in [-0.39, 0.29) is 11.4 Å². The number of alkyl halides is 3. The van der Waals surface area contributed by atoms with Crippen LogP contribution in [0, 0.1) is 0 Å². The van der Waals surface area contributed by atoms with Crippen molar-refractivity contribution in [1.82, 2.24) is 9.78 Å². The lowest BCUT2D eigenvalue weighted by Gasteiger charge is -2.29. The van der Waals surface area contributed by atoms with Crippen molar-refractivity contribution >= 4 is 11.4 Å². The number of nitrogens with zero attached hydrogens (tertiary/aromatic N) is 3. The summed E-state index contributed by atoms with van der Waals surface area (Å²) in [5.41, 5.74) is 5.53. The van der Waals surface area contributed by atoms with Crippen molar-refractivity contribution in [3.63, 3.8) is 0 Å². The molecule has 1 aliphatic heterocycles. The molecule has 8 heteroatoms. The fraction of sp³-hybridized carbons (Fsp3) is 0.375. The fourth-order valence-electron chi connectivity index (χ4n) is 2.82. The Labute approximate surface area is 136 Å². The first-order valence-electron chi connectivity index (χ1n) is 7.68. The molecule has 0 bridgehead atoms. The molecule has 0 spiro atoms. The van der Waals surface area contributed by atoms with Crippen molar-refractivity contribution in [2.45, 2.75) is 25.4 Å². The van der Waals surface area contributed by atoms with Crippen LogP contribution in [0.2, 0.25) is 0 Å². The van der Waals surface area contributed by atoms with Crippen LogP contribution in [0.15, 0.2) is 35.3 Å². The number of nitrogen functional groups attached to an aromatic ring is 1. The molecule has 1 saturated heterocycles. The lowest BCUT2D eigenvalue weighted by molar-refractivity contribution is -0.137. The van der Waals surface area contributed by atoms with E-state index < -0.39 is 17.3 Å². The number of hydrogen-bond donors (Lipinski definition) is 1. The van der Waals surface area contributed by atoms with E-state index in [1.165, 1.54) is 18.3 Å². The van der Waals surface area contributed by atoms with Crippen LogP contribution in [-0.2, 0) is 6.18 Å². The number of aromatic nitrogens is 2. The molecule has 1 fully saturated rings. The Balaban J connectivity index is 1.95. The summed E-state index contributed by atoms with van der Waals surface area (Å²) in [6.45, 7) is 1.63. The van der Waals surface area contributed by atoms with Gasteiger partial charge in [0.05, 0.1) is 23.1 Å². The molecule has 0 radical (unpaired) electrons. The van der Waals surface area contributed by atoms with E-state index >= 15 is 0 Å². The number of benzene rings is 1. The molecule has 0 amide bonds. The van der Waals surface area contributed by atoms with Gasteiger partial charge in [0.25, 0.3) is 5.56 Å².